The molecular weight excluding hydrogens is 320 g/mol. The number of carbonyl (C=O) groups excluding carboxylic acids is 1. The van der Waals surface area contributed by atoms with Gasteiger partial charge in [-0.2, -0.15) is 0 Å². The molecule has 0 bridgehead atoms. The molecule has 2 aromatic carbocycles. The highest BCUT2D eigenvalue weighted by Gasteiger charge is 2.09. The summed E-state index contributed by atoms with van der Waals surface area (Å²) in [6.07, 6.45) is 0.205. The first-order valence-corrected chi connectivity index (χ1v) is 8.55. The number of aromatic nitrogens is 1. The van der Waals surface area contributed by atoms with Crippen LogP contribution in [-0.2, 0) is 22.7 Å². The van der Waals surface area contributed by atoms with Crippen LogP contribution in [0.4, 0.5) is 0 Å². The number of amides is 1. The van der Waals surface area contributed by atoms with Crippen molar-refractivity contribution in [2.75, 3.05) is 0 Å². The molecule has 24 heavy (non-hydrogen) atoms. The summed E-state index contributed by atoms with van der Waals surface area (Å²) in [6, 6.07) is 17.9. The summed E-state index contributed by atoms with van der Waals surface area (Å²) >= 11 is 1.54. The number of hydroxylamine groups is 1. The highest BCUT2D eigenvalue weighted by Crippen LogP contribution is 2.24. The van der Waals surface area contributed by atoms with Gasteiger partial charge < -0.3 is 0 Å². The van der Waals surface area contributed by atoms with Gasteiger partial charge in [-0.05, 0) is 18.6 Å². The Morgan fingerprint density at radius 1 is 1.17 bits per heavy atom. The molecule has 1 amide bonds. The van der Waals surface area contributed by atoms with Crippen LogP contribution in [0.25, 0.3) is 10.6 Å². The van der Waals surface area contributed by atoms with Gasteiger partial charge in [0.2, 0.25) is 5.91 Å². The Hall–Kier alpha value is -2.50. The third-order valence-electron chi connectivity index (χ3n) is 3.43. The molecule has 5 heteroatoms. The summed E-state index contributed by atoms with van der Waals surface area (Å²) in [5, 5.41) is 2.83. The van der Waals surface area contributed by atoms with Crippen LogP contribution in [0.2, 0.25) is 0 Å². The van der Waals surface area contributed by atoms with Gasteiger partial charge in [0.1, 0.15) is 5.01 Å². The van der Waals surface area contributed by atoms with Gasteiger partial charge in [0.15, 0.2) is 0 Å². The summed E-state index contributed by atoms with van der Waals surface area (Å²) in [5.41, 5.74) is 6.49. The van der Waals surface area contributed by atoms with Crippen molar-refractivity contribution >= 4 is 17.2 Å². The van der Waals surface area contributed by atoms with Gasteiger partial charge in [0.25, 0.3) is 0 Å². The molecule has 0 aliphatic rings. The standard InChI is InChI=1S/C19H18N2O2S/c1-14-6-5-9-16(10-14)19-20-17(13-24-19)11-18(22)21-23-12-15-7-3-2-4-8-15/h2-10,13H,11-12H2,1H3,(H,21,22). The van der Waals surface area contributed by atoms with E-state index in [2.05, 4.69) is 29.5 Å². The smallest absolute Gasteiger partial charge is 0.249 e. The molecule has 1 aromatic heterocycles. The minimum absolute atomic E-state index is 0.202. The summed E-state index contributed by atoms with van der Waals surface area (Å²) in [7, 11) is 0. The second kappa shape index (κ2) is 7.86. The van der Waals surface area contributed by atoms with E-state index in [1.807, 2.05) is 47.8 Å². The fourth-order valence-corrected chi connectivity index (χ4v) is 3.09. The predicted molar refractivity (Wildman–Crippen MR) is 95.4 cm³/mol. The molecule has 0 atom stereocenters. The van der Waals surface area contributed by atoms with Crippen LogP contribution in [-0.4, -0.2) is 10.9 Å². The van der Waals surface area contributed by atoms with Crippen LogP contribution in [0.3, 0.4) is 0 Å². The summed E-state index contributed by atoms with van der Waals surface area (Å²) in [6.45, 7) is 2.40. The highest BCUT2D eigenvalue weighted by atomic mass is 32.1. The average molecular weight is 338 g/mol. The number of hydrogen-bond donors (Lipinski definition) is 1. The molecule has 1 heterocycles. The maximum absolute atomic E-state index is 11.9. The SMILES string of the molecule is Cc1cccc(-c2nc(CC(=O)NOCc3ccccc3)cs2)c1. The Labute approximate surface area is 145 Å². The first kappa shape index (κ1) is 16.4. The predicted octanol–water partition coefficient (Wildman–Crippen LogP) is 3.91. The van der Waals surface area contributed by atoms with E-state index in [1.54, 1.807) is 11.3 Å². The second-order valence-electron chi connectivity index (χ2n) is 5.49. The van der Waals surface area contributed by atoms with Gasteiger partial charge in [0.05, 0.1) is 18.7 Å². The van der Waals surface area contributed by atoms with Crippen LogP contribution < -0.4 is 5.48 Å². The molecule has 3 rings (SSSR count). The third-order valence-corrected chi connectivity index (χ3v) is 4.37. The fraction of sp³-hybridized carbons (Fsp3) is 0.158. The summed E-state index contributed by atoms with van der Waals surface area (Å²) < 4.78 is 0. The number of rotatable bonds is 6. The molecule has 0 fully saturated rings. The van der Waals surface area contributed by atoms with E-state index in [9.17, 15) is 4.79 Å². The van der Waals surface area contributed by atoms with E-state index in [4.69, 9.17) is 4.84 Å². The van der Waals surface area contributed by atoms with Crippen molar-refractivity contribution in [3.05, 3.63) is 76.8 Å². The number of nitrogens with one attached hydrogen (secondary N) is 1. The number of nitrogens with zero attached hydrogens (tertiary/aromatic N) is 1. The highest BCUT2D eigenvalue weighted by molar-refractivity contribution is 7.13. The van der Waals surface area contributed by atoms with Gasteiger partial charge in [-0.1, -0.05) is 54.1 Å². The third kappa shape index (κ3) is 4.50. The quantitative estimate of drug-likeness (QED) is 0.693. The maximum atomic E-state index is 11.9. The Morgan fingerprint density at radius 2 is 2.00 bits per heavy atom. The number of carbonyl (C=O) groups is 1. The molecular formula is C19H18N2O2S. The van der Waals surface area contributed by atoms with Crippen molar-refractivity contribution in [1.29, 1.82) is 0 Å². The molecule has 0 aliphatic carbocycles. The first-order chi connectivity index (χ1) is 11.7. The zero-order chi connectivity index (χ0) is 16.8. The lowest BCUT2D eigenvalue weighted by atomic mass is 10.1. The summed E-state index contributed by atoms with van der Waals surface area (Å²) in [4.78, 5) is 21.7. The first-order valence-electron chi connectivity index (χ1n) is 7.67. The van der Waals surface area contributed by atoms with E-state index >= 15 is 0 Å². The molecule has 0 aliphatic heterocycles. The van der Waals surface area contributed by atoms with E-state index in [1.165, 1.54) is 5.56 Å². The normalized spacial score (nSPS) is 10.5. The minimum Gasteiger partial charge on any atom is -0.272 e. The molecule has 0 saturated carbocycles. The summed E-state index contributed by atoms with van der Waals surface area (Å²) in [5.74, 6) is -0.202. The molecule has 4 nitrogen and oxygen atoms in total. The largest absolute Gasteiger partial charge is 0.272 e. The molecule has 3 aromatic rings. The van der Waals surface area contributed by atoms with Gasteiger partial charge in [-0.3, -0.25) is 9.63 Å². The van der Waals surface area contributed by atoms with Crippen LogP contribution in [0.5, 0.6) is 0 Å². The Morgan fingerprint density at radius 3 is 2.79 bits per heavy atom. The lowest BCUT2D eigenvalue weighted by Gasteiger charge is -2.05. The van der Waals surface area contributed by atoms with E-state index in [-0.39, 0.29) is 12.3 Å². The molecule has 122 valence electrons. The lowest BCUT2D eigenvalue weighted by molar-refractivity contribution is -0.133. The van der Waals surface area contributed by atoms with Crippen molar-refractivity contribution in [2.45, 2.75) is 20.0 Å². The van der Waals surface area contributed by atoms with Crippen molar-refractivity contribution in [3.8, 4) is 10.6 Å². The number of aryl methyl sites for hydroxylation is 1. The molecule has 0 radical (unpaired) electrons. The molecule has 0 saturated heterocycles. The van der Waals surface area contributed by atoms with E-state index < -0.39 is 0 Å². The number of benzene rings is 2. The van der Waals surface area contributed by atoms with Crippen molar-refractivity contribution in [2.24, 2.45) is 0 Å². The van der Waals surface area contributed by atoms with Crippen molar-refractivity contribution < 1.29 is 9.63 Å². The molecule has 1 N–H and O–H groups in total. The average Bonchev–Trinajstić information content (AvgIpc) is 3.04. The minimum atomic E-state index is -0.202. The van der Waals surface area contributed by atoms with Gasteiger partial charge in [-0.25, -0.2) is 10.5 Å². The van der Waals surface area contributed by atoms with Crippen LogP contribution >= 0.6 is 11.3 Å². The fourth-order valence-electron chi connectivity index (χ4n) is 2.27. The Bertz CT molecular complexity index is 815. The monoisotopic (exact) mass is 338 g/mol. The molecule has 0 spiro atoms. The lowest BCUT2D eigenvalue weighted by Crippen LogP contribution is -2.25. The number of hydrogen-bond acceptors (Lipinski definition) is 4. The van der Waals surface area contributed by atoms with Crippen LogP contribution in [0, 0.1) is 6.92 Å². The van der Waals surface area contributed by atoms with Gasteiger partial charge >= 0.3 is 0 Å². The van der Waals surface area contributed by atoms with E-state index in [0.717, 1.165) is 21.8 Å². The molecule has 0 unspecified atom stereocenters. The van der Waals surface area contributed by atoms with Crippen molar-refractivity contribution in [1.82, 2.24) is 10.5 Å². The maximum Gasteiger partial charge on any atom is 0.249 e. The second-order valence-corrected chi connectivity index (χ2v) is 6.35. The zero-order valence-corrected chi connectivity index (χ0v) is 14.2. The zero-order valence-electron chi connectivity index (χ0n) is 13.4. The van der Waals surface area contributed by atoms with Crippen LogP contribution in [0.15, 0.2) is 60.0 Å². The van der Waals surface area contributed by atoms with Gasteiger partial charge in [0, 0.05) is 10.9 Å². The number of thiazole rings is 1. The Kier molecular flexibility index (Phi) is 5.36. The Balaban J connectivity index is 1.52. The van der Waals surface area contributed by atoms with E-state index in [0.29, 0.717) is 6.61 Å². The van der Waals surface area contributed by atoms with Crippen molar-refractivity contribution in [3.63, 3.8) is 0 Å². The van der Waals surface area contributed by atoms with Crippen LogP contribution in [0.1, 0.15) is 16.8 Å². The van der Waals surface area contributed by atoms with Gasteiger partial charge in [-0.15, -0.1) is 11.3 Å². The topological polar surface area (TPSA) is 51.2 Å².